The Bertz CT molecular complexity index is 905. The van der Waals surface area contributed by atoms with Gasteiger partial charge in [-0.3, -0.25) is 9.78 Å². The molecule has 0 N–H and O–H groups in total. The third-order valence-electron chi connectivity index (χ3n) is 4.80. The van der Waals surface area contributed by atoms with Crippen LogP contribution in [-0.2, 0) is 6.54 Å². The molecule has 0 saturated carbocycles. The number of hydrogen-bond donors (Lipinski definition) is 0. The minimum atomic E-state index is -0.0295. The fourth-order valence-corrected chi connectivity index (χ4v) is 3.40. The van der Waals surface area contributed by atoms with Crippen LogP contribution >= 0.6 is 0 Å². The third kappa shape index (κ3) is 3.84. The van der Waals surface area contributed by atoms with Gasteiger partial charge in [0, 0.05) is 43.3 Å². The first kappa shape index (κ1) is 17.3. The first-order valence-corrected chi connectivity index (χ1v) is 9.12. The zero-order valence-corrected chi connectivity index (χ0v) is 15.3. The van der Waals surface area contributed by atoms with Crippen molar-refractivity contribution in [2.24, 2.45) is 0 Å². The predicted molar refractivity (Wildman–Crippen MR) is 102 cm³/mol. The smallest absolute Gasteiger partial charge is 0.272 e. The lowest BCUT2D eigenvalue weighted by Gasteiger charge is -2.35. The molecule has 4 heterocycles. The van der Waals surface area contributed by atoms with E-state index in [2.05, 4.69) is 26.8 Å². The average molecular weight is 362 g/mol. The van der Waals surface area contributed by atoms with Crippen LogP contribution in [0.5, 0.6) is 5.88 Å². The molecule has 1 atom stereocenters. The lowest BCUT2D eigenvalue weighted by atomic mass is 10.1. The summed E-state index contributed by atoms with van der Waals surface area (Å²) in [5, 5.41) is 0. The Morgan fingerprint density at radius 3 is 2.89 bits per heavy atom. The van der Waals surface area contributed by atoms with Crippen LogP contribution in [0.1, 0.15) is 34.2 Å². The maximum Gasteiger partial charge on any atom is 0.272 e. The molecule has 0 unspecified atom stereocenters. The van der Waals surface area contributed by atoms with Gasteiger partial charge in [-0.25, -0.2) is 4.98 Å². The zero-order chi connectivity index (χ0) is 18.6. The Balaban J connectivity index is 1.45. The number of amides is 1. The summed E-state index contributed by atoms with van der Waals surface area (Å²) < 4.78 is 8.00. The van der Waals surface area contributed by atoms with Gasteiger partial charge in [-0.15, -0.1) is 0 Å². The largest absolute Gasteiger partial charge is 0.478 e. The summed E-state index contributed by atoms with van der Waals surface area (Å²) in [6.45, 7) is 3.75. The number of aryl methyl sites for hydroxylation is 1. The molecule has 1 amide bonds. The molecule has 138 valence electrons. The van der Waals surface area contributed by atoms with Crippen LogP contribution in [0.25, 0.3) is 0 Å². The van der Waals surface area contributed by atoms with E-state index in [0.29, 0.717) is 31.3 Å². The molecule has 6 nitrogen and oxygen atoms in total. The first-order valence-electron chi connectivity index (χ1n) is 9.12. The molecule has 1 aliphatic rings. The second-order valence-corrected chi connectivity index (χ2v) is 6.77. The molecule has 27 heavy (non-hydrogen) atoms. The summed E-state index contributed by atoms with van der Waals surface area (Å²) in [4.78, 5) is 23.2. The number of aromatic nitrogens is 3. The first-order chi connectivity index (χ1) is 13.2. The van der Waals surface area contributed by atoms with Crippen molar-refractivity contribution in [3.05, 3.63) is 78.0 Å². The van der Waals surface area contributed by atoms with E-state index < -0.39 is 0 Å². The van der Waals surface area contributed by atoms with Crippen molar-refractivity contribution in [2.45, 2.75) is 25.9 Å². The van der Waals surface area contributed by atoms with Crippen molar-refractivity contribution in [1.29, 1.82) is 0 Å². The number of hydrogen-bond acceptors (Lipinski definition) is 4. The van der Waals surface area contributed by atoms with E-state index in [4.69, 9.17) is 4.74 Å². The highest BCUT2D eigenvalue weighted by Gasteiger charge is 2.28. The maximum atomic E-state index is 12.9. The normalized spacial score (nSPS) is 16.0. The van der Waals surface area contributed by atoms with Crippen molar-refractivity contribution < 1.29 is 9.53 Å². The topological polar surface area (TPSA) is 60.2 Å². The van der Waals surface area contributed by atoms with Gasteiger partial charge in [0.25, 0.3) is 5.91 Å². The maximum absolute atomic E-state index is 12.9. The van der Waals surface area contributed by atoms with Crippen LogP contribution in [-0.4, -0.2) is 38.5 Å². The van der Waals surface area contributed by atoms with Gasteiger partial charge >= 0.3 is 0 Å². The van der Waals surface area contributed by atoms with E-state index in [1.165, 1.54) is 0 Å². The van der Waals surface area contributed by atoms with Crippen molar-refractivity contribution in [2.75, 3.05) is 13.2 Å². The highest BCUT2D eigenvalue weighted by molar-refractivity contribution is 5.92. The third-order valence-corrected chi connectivity index (χ3v) is 4.80. The minimum absolute atomic E-state index is 0.0295. The van der Waals surface area contributed by atoms with E-state index in [1.807, 2.05) is 42.2 Å². The highest BCUT2D eigenvalue weighted by Crippen LogP contribution is 2.25. The van der Waals surface area contributed by atoms with Gasteiger partial charge in [-0.05, 0) is 36.8 Å². The Hall–Kier alpha value is -3.15. The second-order valence-electron chi connectivity index (χ2n) is 6.77. The van der Waals surface area contributed by atoms with Crippen molar-refractivity contribution in [3.8, 4) is 5.88 Å². The van der Waals surface area contributed by atoms with Crippen LogP contribution in [0.3, 0.4) is 0 Å². The molecule has 1 aliphatic heterocycles. The number of carbonyl (C=O) groups is 1. The van der Waals surface area contributed by atoms with E-state index >= 15 is 0 Å². The quantitative estimate of drug-likeness (QED) is 0.699. The van der Waals surface area contributed by atoms with Crippen LogP contribution in [0.15, 0.2) is 61.1 Å². The highest BCUT2D eigenvalue weighted by atomic mass is 16.5. The van der Waals surface area contributed by atoms with Gasteiger partial charge in [0.1, 0.15) is 5.69 Å². The Kier molecular flexibility index (Phi) is 4.87. The number of nitrogens with zero attached hydrogens (tertiary/aromatic N) is 4. The number of carbonyl (C=O) groups excluding carboxylic acids is 1. The summed E-state index contributed by atoms with van der Waals surface area (Å²) in [6, 6.07) is 13.6. The summed E-state index contributed by atoms with van der Waals surface area (Å²) in [6.07, 6.45) is 6.32. The fraction of sp³-hybridized carbons (Fsp3) is 0.286. The zero-order valence-electron chi connectivity index (χ0n) is 15.3. The predicted octanol–water partition coefficient (Wildman–Crippen LogP) is 3.25. The number of fused-ring (bicyclic) bond motifs is 1. The van der Waals surface area contributed by atoms with Gasteiger partial charge in [-0.1, -0.05) is 12.1 Å². The van der Waals surface area contributed by atoms with Crippen LogP contribution in [0, 0.1) is 6.92 Å². The van der Waals surface area contributed by atoms with Gasteiger partial charge in [0.2, 0.25) is 5.88 Å². The second kappa shape index (κ2) is 7.61. The monoisotopic (exact) mass is 362 g/mol. The molecular formula is C21H22N4O2. The van der Waals surface area contributed by atoms with E-state index in [9.17, 15) is 4.79 Å². The lowest BCUT2D eigenvalue weighted by molar-refractivity contribution is 0.0659. The van der Waals surface area contributed by atoms with E-state index in [0.717, 1.165) is 17.7 Å². The summed E-state index contributed by atoms with van der Waals surface area (Å²) in [7, 11) is 0. The number of ether oxygens (including phenoxy) is 1. The van der Waals surface area contributed by atoms with Gasteiger partial charge in [-0.2, -0.15) is 0 Å². The molecule has 0 fully saturated rings. The van der Waals surface area contributed by atoms with Crippen molar-refractivity contribution in [3.63, 3.8) is 0 Å². The summed E-state index contributed by atoms with van der Waals surface area (Å²) in [5.74, 6) is 0.593. The molecular weight excluding hydrogens is 340 g/mol. The molecule has 6 heteroatoms. The Labute approximate surface area is 158 Å². The van der Waals surface area contributed by atoms with Crippen LogP contribution in [0.4, 0.5) is 0 Å². The van der Waals surface area contributed by atoms with Crippen molar-refractivity contribution >= 4 is 5.91 Å². The SMILES string of the molecule is Cc1ccc(C(=O)N2Cc3cccn3[C@@H](CCOc3ccccn3)C2)nc1. The molecule has 0 saturated heterocycles. The summed E-state index contributed by atoms with van der Waals surface area (Å²) >= 11 is 0. The van der Waals surface area contributed by atoms with Gasteiger partial charge in [0.05, 0.1) is 19.2 Å². The Morgan fingerprint density at radius 1 is 1.19 bits per heavy atom. The standard InChI is InChI=1S/C21H22N4O2/c1-16-7-8-19(23-13-16)21(26)24-14-17-5-4-11-25(17)18(15-24)9-12-27-20-6-2-3-10-22-20/h2-8,10-11,13,18H,9,12,14-15H2,1H3/t18-/m0/s1. The molecule has 0 bridgehead atoms. The van der Waals surface area contributed by atoms with Crippen LogP contribution < -0.4 is 4.74 Å². The summed E-state index contributed by atoms with van der Waals surface area (Å²) in [5.41, 5.74) is 2.66. The fourth-order valence-electron chi connectivity index (χ4n) is 3.40. The molecule has 0 spiro atoms. The molecule has 4 rings (SSSR count). The molecule has 0 aliphatic carbocycles. The molecule has 3 aromatic rings. The van der Waals surface area contributed by atoms with Crippen molar-refractivity contribution in [1.82, 2.24) is 19.4 Å². The Morgan fingerprint density at radius 2 is 2.11 bits per heavy atom. The molecule has 0 aromatic carbocycles. The lowest BCUT2D eigenvalue weighted by Crippen LogP contribution is -2.41. The number of pyridine rings is 2. The molecule has 0 radical (unpaired) electrons. The van der Waals surface area contributed by atoms with E-state index in [1.54, 1.807) is 18.5 Å². The minimum Gasteiger partial charge on any atom is -0.478 e. The number of rotatable bonds is 5. The van der Waals surface area contributed by atoms with Gasteiger partial charge in [0.15, 0.2) is 0 Å². The average Bonchev–Trinajstić information content (AvgIpc) is 3.18. The van der Waals surface area contributed by atoms with Gasteiger partial charge < -0.3 is 14.2 Å². The molecule has 3 aromatic heterocycles. The van der Waals surface area contributed by atoms with Crippen LogP contribution in [0.2, 0.25) is 0 Å². The van der Waals surface area contributed by atoms with E-state index in [-0.39, 0.29) is 11.9 Å².